The van der Waals surface area contributed by atoms with E-state index in [1.807, 2.05) is 42.1 Å². The Labute approximate surface area is 118 Å². The van der Waals surface area contributed by atoms with Gasteiger partial charge in [-0.05, 0) is 37.0 Å². The van der Waals surface area contributed by atoms with Crippen LogP contribution in [0.25, 0.3) is 10.9 Å². The summed E-state index contributed by atoms with van der Waals surface area (Å²) in [4.78, 5) is 4.53. The van der Waals surface area contributed by atoms with E-state index >= 15 is 0 Å². The first kappa shape index (κ1) is 13.7. The summed E-state index contributed by atoms with van der Waals surface area (Å²) in [6, 6.07) is 11.8. The molecule has 4 heteroatoms. The molecule has 1 aromatic carbocycles. The maximum atomic E-state index is 9.19. The van der Waals surface area contributed by atoms with Crippen molar-refractivity contribution >= 4 is 28.5 Å². The number of nitriles is 1. The van der Waals surface area contributed by atoms with Crippen molar-refractivity contribution in [2.45, 2.75) is 12.8 Å². The summed E-state index contributed by atoms with van der Waals surface area (Å²) in [5, 5.41) is 13.4. The molecule has 1 N–H and O–H groups in total. The van der Waals surface area contributed by atoms with Gasteiger partial charge in [-0.1, -0.05) is 18.2 Å². The van der Waals surface area contributed by atoms with Gasteiger partial charge in [0.2, 0.25) is 0 Å². The van der Waals surface area contributed by atoms with E-state index in [9.17, 15) is 5.26 Å². The first-order valence-electron chi connectivity index (χ1n) is 6.38. The number of anilines is 1. The van der Waals surface area contributed by atoms with Gasteiger partial charge in [-0.15, -0.1) is 0 Å². The molecule has 0 unspecified atom stereocenters. The second-order valence-corrected chi connectivity index (χ2v) is 5.30. The number of fused-ring (bicyclic) bond motifs is 1. The van der Waals surface area contributed by atoms with Crippen molar-refractivity contribution in [1.82, 2.24) is 4.98 Å². The topological polar surface area (TPSA) is 48.7 Å². The number of thioether (sulfide) groups is 1. The van der Waals surface area contributed by atoms with E-state index in [2.05, 4.69) is 22.6 Å². The van der Waals surface area contributed by atoms with E-state index < -0.39 is 0 Å². The lowest BCUT2D eigenvalue weighted by Gasteiger charge is -2.07. The van der Waals surface area contributed by atoms with E-state index in [1.54, 1.807) is 0 Å². The van der Waals surface area contributed by atoms with Crippen LogP contribution in [0.2, 0.25) is 0 Å². The van der Waals surface area contributed by atoms with Gasteiger partial charge in [0.15, 0.2) is 0 Å². The molecule has 2 rings (SSSR count). The van der Waals surface area contributed by atoms with E-state index in [-0.39, 0.29) is 0 Å². The Morgan fingerprint density at radius 1 is 1.32 bits per heavy atom. The Morgan fingerprint density at radius 2 is 2.16 bits per heavy atom. The number of rotatable bonds is 6. The molecule has 0 bridgehead atoms. The molecule has 0 aliphatic heterocycles. The molecule has 98 valence electrons. The Bertz CT molecular complexity index is 589. The number of nitrogens with zero attached hydrogens (tertiary/aromatic N) is 2. The zero-order chi connectivity index (χ0) is 13.5. The normalized spacial score (nSPS) is 10.3. The van der Waals surface area contributed by atoms with Gasteiger partial charge in [0.1, 0.15) is 5.82 Å². The largest absolute Gasteiger partial charge is 0.370 e. The molecule has 0 saturated heterocycles. The van der Waals surface area contributed by atoms with Crippen molar-refractivity contribution in [3.8, 4) is 6.07 Å². The molecule has 0 aliphatic carbocycles. The quantitative estimate of drug-likeness (QED) is 0.815. The number of benzene rings is 1. The molecule has 0 spiro atoms. The fourth-order valence-corrected chi connectivity index (χ4v) is 2.44. The third-order valence-electron chi connectivity index (χ3n) is 2.92. The zero-order valence-electron chi connectivity index (χ0n) is 11.0. The third kappa shape index (κ3) is 3.62. The van der Waals surface area contributed by atoms with Crippen LogP contribution in [-0.4, -0.2) is 23.5 Å². The zero-order valence-corrected chi connectivity index (χ0v) is 11.8. The second kappa shape index (κ2) is 7.01. The summed E-state index contributed by atoms with van der Waals surface area (Å²) < 4.78 is 0. The van der Waals surface area contributed by atoms with Crippen LogP contribution < -0.4 is 5.32 Å². The molecule has 0 atom stereocenters. The maximum Gasteiger partial charge on any atom is 0.127 e. The number of hydrogen-bond donors (Lipinski definition) is 1. The number of unbranched alkanes of at least 4 members (excludes halogenated alkanes) is 1. The first-order chi connectivity index (χ1) is 9.35. The SMILES string of the molecule is CSCCCCNc1cc(C#N)c2ccccc2n1. The van der Waals surface area contributed by atoms with Crippen molar-refractivity contribution in [2.24, 2.45) is 0 Å². The van der Waals surface area contributed by atoms with Gasteiger partial charge in [0, 0.05) is 11.9 Å². The number of pyridine rings is 1. The maximum absolute atomic E-state index is 9.19. The van der Waals surface area contributed by atoms with Crippen LogP contribution in [0.1, 0.15) is 18.4 Å². The summed E-state index contributed by atoms with van der Waals surface area (Å²) in [6.45, 7) is 0.900. The standard InChI is InChI=1S/C15H17N3S/c1-19-9-5-4-8-17-15-10-12(11-16)13-6-2-3-7-14(13)18-15/h2-3,6-7,10H,4-5,8-9H2,1H3,(H,17,18). The highest BCUT2D eigenvalue weighted by Crippen LogP contribution is 2.19. The highest BCUT2D eigenvalue weighted by molar-refractivity contribution is 7.98. The lowest BCUT2D eigenvalue weighted by Crippen LogP contribution is -2.04. The van der Waals surface area contributed by atoms with E-state index in [0.29, 0.717) is 5.56 Å². The summed E-state index contributed by atoms with van der Waals surface area (Å²) >= 11 is 1.87. The van der Waals surface area contributed by atoms with Crippen molar-refractivity contribution in [2.75, 3.05) is 23.9 Å². The molecule has 0 radical (unpaired) electrons. The van der Waals surface area contributed by atoms with Gasteiger partial charge in [-0.3, -0.25) is 0 Å². The minimum Gasteiger partial charge on any atom is -0.370 e. The Balaban J connectivity index is 2.10. The average Bonchev–Trinajstić information content (AvgIpc) is 2.46. The van der Waals surface area contributed by atoms with E-state index in [1.165, 1.54) is 12.2 Å². The fourth-order valence-electron chi connectivity index (χ4n) is 1.95. The van der Waals surface area contributed by atoms with Gasteiger partial charge < -0.3 is 5.32 Å². The highest BCUT2D eigenvalue weighted by atomic mass is 32.2. The van der Waals surface area contributed by atoms with Gasteiger partial charge in [0.05, 0.1) is 17.1 Å². The van der Waals surface area contributed by atoms with Crippen molar-refractivity contribution < 1.29 is 0 Å². The molecule has 0 saturated carbocycles. The highest BCUT2D eigenvalue weighted by Gasteiger charge is 2.04. The minimum absolute atomic E-state index is 0.678. The van der Waals surface area contributed by atoms with Gasteiger partial charge in [0.25, 0.3) is 0 Å². The molecular formula is C15H17N3S. The lowest BCUT2D eigenvalue weighted by molar-refractivity contribution is 0.840. The van der Waals surface area contributed by atoms with Crippen LogP contribution in [0.5, 0.6) is 0 Å². The second-order valence-electron chi connectivity index (χ2n) is 4.31. The molecule has 3 nitrogen and oxygen atoms in total. The molecule has 1 aromatic heterocycles. The number of para-hydroxylation sites is 1. The Kier molecular flexibility index (Phi) is 5.05. The smallest absolute Gasteiger partial charge is 0.127 e. The summed E-state index contributed by atoms with van der Waals surface area (Å²) in [6.07, 6.45) is 4.45. The summed E-state index contributed by atoms with van der Waals surface area (Å²) in [5.41, 5.74) is 1.55. The first-order valence-corrected chi connectivity index (χ1v) is 7.77. The predicted molar refractivity (Wildman–Crippen MR) is 82.6 cm³/mol. The molecule has 1 heterocycles. The molecule has 19 heavy (non-hydrogen) atoms. The van der Waals surface area contributed by atoms with E-state index in [4.69, 9.17) is 0 Å². The average molecular weight is 271 g/mol. The lowest BCUT2D eigenvalue weighted by atomic mass is 10.1. The Morgan fingerprint density at radius 3 is 2.95 bits per heavy atom. The Hall–Kier alpha value is -1.73. The van der Waals surface area contributed by atoms with Crippen LogP contribution >= 0.6 is 11.8 Å². The number of aromatic nitrogens is 1. The van der Waals surface area contributed by atoms with Crippen molar-refractivity contribution in [3.63, 3.8) is 0 Å². The monoisotopic (exact) mass is 271 g/mol. The third-order valence-corrected chi connectivity index (χ3v) is 3.61. The number of hydrogen-bond acceptors (Lipinski definition) is 4. The molecule has 0 amide bonds. The molecular weight excluding hydrogens is 254 g/mol. The summed E-state index contributed by atoms with van der Waals surface area (Å²) in [7, 11) is 0. The van der Waals surface area contributed by atoms with Crippen molar-refractivity contribution in [1.29, 1.82) is 5.26 Å². The van der Waals surface area contributed by atoms with Crippen LogP contribution in [-0.2, 0) is 0 Å². The minimum atomic E-state index is 0.678. The molecule has 0 aliphatic rings. The van der Waals surface area contributed by atoms with Gasteiger partial charge in [-0.25, -0.2) is 4.98 Å². The van der Waals surface area contributed by atoms with Gasteiger partial charge >= 0.3 is 0 Å². The van der Waals surface area contributed by atoms with Crippen LogP contribution in [0, 0.1) is 11.3 Å². The van der Waals surface area contributed by atoms with Gasteiger partial charge in [-0.2, -0.15) is 17.0 Å². The van der Waals surface area contributed by atoms with Crippen LogP contribution in [0.15, 0.2) is 30.3 Å². The molecule has 2 aromatic rings. The molecule has 0 fully saturated rings. The van der Waals surface area contributed by atoms with Crippen LogP contribution in [0.3, 0.4) is 0 Å². The summed E-state index contributed by atoms with van der Waals surface area (Å²) in [5.74, 6) is 1.98. The fraction of sp³-hybridized carbons (Fsp3) is 0.333. The van der Waals surface area contributed by atoms with E-state index in [0.717, 1.165) is 29.7 Å². The number of nitrogens with one attached hydrogen (secondary N) is 1. The van der Waals surface area contributed by atoms with Crippen LogP contribution in [0.4, 0.5) is 5.82 Å². The van der Waals surface area contributed by atoms with Crippen molar-refractivity contribution in [3.05, 3.63) is 35.9 Å². The predicted octanol–water partition coefficient (Wildman–Crippen LogP) is 3.66.